The van der Waals surface area contributed by atoms with E-state index in [2.05, 4.69) is 4.98 Å². The third kappa shape index (κ3) is 3.25. The molecular formula is C13H7ClN2O2S. The molecule has 0 atom stereocenters. The molecule has 0 fully saturated rings. The lowest BCUT2D eigenvalue weighted by Gasteiger charge is -2.04. The van der Waals surface area contributed by atoms with Crippen LogP contribution in [0.4, 0.5) is 0 Å². The second-order valence-electron chi connectivity index (χ2n) is 3.55. The van der Waals surface area contributed by atoms with Crippen LogP contribution in [0.5, 0.6) is 0 Å². The molecule has 2 aromatic rings. The van der Waals surface area contributed by atoms with Gasteiger partial charge in [0.2, 0.25) is 0 Å². The van der Waals surface area contributed by atoms with Gasteiger partial charge in [-0.1, -0.05) is 23.4 Å². The first kappa shape index (κ1) is 13.4. The quantitative estimate of drug-likeness (QED) is 0.937. The highest BCUT2D eigenvalue weighted by Gasteiger charge is 2.08. The molecule has 0 bridgehead atoms. The molecule has 0 radical (unpaired) electrons. The van der Waals surface area contributed by atoms with E-state index in [9.17, 15) is 4.79 Å². The first-order valence-corrected chi connectivity index (χ1v) is 6.36. The van der Waals surface area contributed by atoms with Crippen LogP contribution >= 0.6 is 23.4 Å². The van der Waals surface area contributed by atoms with Crippen molar-refractivity contribution in [3.63, 3.8) is 0 Å². The van der Waals surface area contributed by atoms with Crippen LogP contribution in [-0.2, 0) is 0 Å². The van der Waals surface area contributed by atoms with Crippen molar-refractivity contribution in [2.45, 2.75) is 9.92 Å². The van der Waals surface area contributed by atoms with Crippen LogP contribution in [0.2, 0.25) is 5.02 Å². The van der Waals surface area contributed by atoms with Crippen molar-refractivity contribution in [2.24, 2.45) is 0 Å². The number of hydrogen-bond acceptors (Lipinski definition) is 4. The fourth-order valence-corrected chi connectivity index (χ4v) is 2.48. The van der Waals surface area contributed by atoms with Gasteiger partial charge in [-0.15, -0.1) is 0 Å². The maximum Gasteiger partial charge on any atom is 0.335 e. The van der Waals surface area contributed by atoms with Crippen molar-refractivity contribution < 1.29 is 9.90 Å². The van der Waals surface area contributed by atoms with E-state index in [1.54, 1.807) is 18.2 Å². The largest absolute Gasteiger partial charge is 0.478 e. The summed E-state index contributed by atoms with van der Waals surface area (Å²) in [7, 11) is 0. The predicted molar refractivity (Wildman–Crippen MR) is 71.5 cm³/mol. The average Bonchev–Trinajstić information content (AvgIpc) is 2.41. The first-order chi connectivity index (χ1) is 9.10. The Balaban J connectivity index is 2.29. The molecule has 6 heteroatoms. The van der Waals surface area contributed by atoms with E-state index in [0.717, 1.165) is 4.90 Å². The van der Waals surface area contributed by atoms with E-state index < -0.39 is 5.97 Å². The summed E-state index contributed by atoms with van der Waals surface area (Å²) >= 11 is 7.29. The van der Waals surface area contributed by atoms with Gasteiger partial charge in [0.05, 0.1) is 22.2 Å². The summed E-state index contributed by atoms with van der Waals surface area (Å²) in [5.74, 6) is -1.00. The van der Waals surface area contributed by atoms with Crippen LogP contribution in [0.15, 0.2) is 46.5 Å². The molecule has 0 aliphatic rings. The van der Waals surface area contributed by atoms with Crippen LogP contribution in [0.25, 0.3) is 0 Å². The number of nitriles is 1. The SMILES string of the molecule is N#Cc1ccc(Sc2cc(C(=O)O)ccn2)c(Cl)c1. The second kappa shape index (κ2) is 5.74. The number of pyridine rings is 1. The standard InChI is InChI=1S/C13H7ClN2O2S/c14-10-5-8(7-15)1-2-11(10)19-12-6-9(13(17)18)3-4-16-12/h1-6H,(H,17,18). The molecule has 94 valence electrons. The third-order valence-corrected chi connectivity index (χ3v) is 3.69. The van der Waals surface area contributed by atoms with Crippen molar-refractivity contribution in [1.82, 2.24) is 4.98 Å². The van der Waals surface area contributed by atoms with Crippen molar-refractivity contribution in [2.75, 3.05) is 0 Å². The number of aromatic nitrogens is 1. The fourth-order valence-electron chi connectivity index (χ4n) is 1.36. The minimum atomic E-state index is -1.00. The summed E-state index contributed by atoms with van der Waals surface area (Å²) in [5, 5.41) is 18.6. The minimum Gasteiger partial charge on any atom is -0.478 e. The number of benzene rings is 1. The summed E-state index contributed by atoms with van der Waals surface area (Å²) in [4.78, 5) is 15.7. The molecule has 1 aromatic carbocycles. The molecule has 0 saturated carbocycles. The van der Waals surface area contributed by atoms with E-state index in [-0.39, 0.29) is 5.56 Å². The average molecular weight is 291 g/mol. The first-order valence-electron chi connectivity index (χ1n) is 5.17. The number of carbonyl (C=O) groups is 1. The van der Waals surface area contributed by atoms with E-state index in [4.69, 9.17) is 22.0 Å². The van der Waals surface area contributed by atoms with Gasteiger partial charge in [0.1, 0.15) is 5.03 Å². The van der Waals surface area contributed by atoms with Crippen molar-refractivity contribution in [3.8, 4) is 6.07 Å². The number of carboxylic acids is 1. The monoisotopic (exact) mass is 290 g/mol. The van der Waals surface area contributed by atoms with Crippen LogP contribution in [0, 0.1) is 11.3 Å². The molecule has 0 saturated heterocycles. The van der Waals surface area contributed by atoms with E-state index in [1.807, 2.05) is 6.07 Å². The predicted octanol–water partition coefficient (Wildman–Crippen LogP) is 3.46. The summed E-state index contributed by atoms with van der Waals surface area (Å²) in [6.07, 6.45) is 1.43. The Hall–Kier alpha value is -2.03. The number of aromatic carboxylic acids is 1. The lowest BCUT2D eigenvalue weighted by Crippen LogP contribution is -1.96. The molecule has 4 nitrogen and oxygen atoms in total. The molecule has 0 spiro atoms. The molecule has 2 rings (SSSR count). The Bertz CT molecular complexity index is 683. The second-order valence-corrected chi connectivity index (χ2v) is 5.02. The number of rotatable bonds is 3. The van der Waals surface area contributed by atoms with E-state index >= 15 is 0 Å². The Kier molecular flexibility index (Phi) is 4.05. The highest BCUT2D eigenvalue weighted by molar-refractivity contribution is 7.99. The van der Waals surface area contributed by atoms with Crippen molar-refractivity contribution in [3.05, 3.63) is 52.7 Å². The lowest BCUT2D eigenvalue weighted by atomic mass is 10.2. The Morgan fingerprint density at radius 2 is 2.16 bits per heavy atom. The molecule has 0 amide bonds. The molecule has 1 aromatic heterocycles. The number of nitrogens with zero attached hydrogens (tertiary/aromatic N) is 2. The van der Waals surface area contributed by atoms with Gasteiger partial charge in [-0.05, 0) is 30.3 Å². The molecule has 0 aliphatic carbocycles. The van der Waals surface area contributed by atoms with Gasteiger partial charge >= 0.3 is 5.97 Å². The summed E-state index contributed by atoms with van der Waals surface area (Å²) < 4.78 is 0. The van der Waals surface area contributed by atoms with Gasteiger partial charge in [0, 0.05) is 11.1 Å². The minimum absolute atomic E-state index is 0.169. The zero-order chi connectivity index (χ0) is 13.8. The van der Waals surface area contributed by atoms with Gasteiger partial charge in [-0.2, -0.15) is 5.26 Å². The van der Waals surface area contributed by atoms with Crippen molar-refractivity contribution >= 4 is 29.3 Å². The molecule has 0 aliphatic heterocycles. The van der Waals surface area contributed by atoms with Gasteiger partial charge in [0.15, 0.2) is 0 Å². The fraction of sp³-hybridized carbons (Fsp3) is 0. The third-order valence-electron chi connectivity index (χ3n) is 2.26. The number of carboxylic acid groups (broad SMARTS) is 1. The van der Waals surface area contributed by atoms with Gasteiger partial charge < -0.3 is 5.11 Å². The smallest absolute Gasteiger partial charge is 0.335 e. The van der Waals surface area contributed by atoms with E-state index in [1.165, 1.54) is 30.1 Å². The molecule has 1 heterocycles. The molecular weight excluding hydrogens is 284 g/mol. The van der Waals surface area contributed by atoms with Crippen LogP contribution in [0.1, 0.15) is 15.9 Å². The lowest BCUT2D eigenvalue weighted by molar-refractivity contribution is 0.0696. The molecule has 1 N–H and O–H groups in total. The van der Waals surface area contributed by atoms with Crippen LogP contribution < -0.4 is 0 Å². The highest BCUT2D eigenvalue weighted by Crippen LogP contribution is 2.32. The number of hydrogen-bond donors (Lipinski definition) is 1. The molecule has 0 unspecified atom stereocenters. The Morgan fingerprint density at radius 1 is 1.37 bits per heavy atom. The zero-order valence-electron chi connectivity index (χ0n) is 9.50. The summed E-state index contributed by atoms with van der Waals surface area (Å²) in [6, 6.07) is 9.81. The van der Waals surface area contributed by atoms with Crippen LogP contribution in [-0.4, -0.2) is 16.1 Å². The van der Waals surface area contributed by atoms with Gasteiger partial charge in [-0.25, -0.2) is 9.78 Å². The normalized spacial score (nSPS) is 9.89. The maximum absolute atomic E-state index is 10.9. The topological polar surface area (TPSA) is 74.0 Å². The Morgan fingerprint density at radius 3 is 2.79 bits per heavy atom. The number of halogens is 1. The van der Waals surface area contributed by atoms with Gasteiger partial charge in [-0.3, -0.25) is 0 Å². The summed E-state index contributed by atoms with van der Waals surface area (Å²) in [6.45, 7) is 0. The summed E-state index contributed by atoms with van der Waals surface area (Å²) in [5.41, 5.74) is 0.642. The Labute approximate surface area is 118 Å². The maximum atomic E-state index is 10.9. The highest BCUT2D eigenvalue weighted by atomic mass is 35.5. The van der Waals surface area contributed by atoms with E-state index in [0.29, 0.717) is 15.6 Å². The molecule has 19 heavy (non-hydrogen) atoms. The van der Waals surface area contributed by atoms with Crippen LogP contribution in [0.3, 0.4) is 0 Å². The zero-order valence-corrected chi connectivity index (χ0v) is 11.1. The van der Waals surface area contributed by atoms with Gasteiger partial charge in [0.25, 0.3) is 0 Å². The van der Waals surface area contributed by atoms with Crippen molar-refractivity contribution in [1.29, 1.82) is 5.26 Å².